The van der Waals surface area contributed by atoms with E-state index in [1.807, 2.05) is 18.3 Å². The zero-order chi connectivity index (χ0) is 13.4. The van der Waals surface area contributed by atoms with Gasteiger partial charge in [-0.2, -0.15) is 5.10 Å². The van der Waals surface area contributed by atoms with Crippen molar-refractivity contribution in [2.24, 2.45) is 0 Å². The molecule has 2 aromatic heterocycles. The molecule has 20 heavy (non-hydrogen) atoms. The Hall–Kier alpha value is -2.33. The van der Waals surface area contributed by atoms with Gasteiger partial charge in [-0.25, -0.2) is 0 Å². The zero-order valence-corrected chi connectivity index (χ0v) is 11.6. The van der Waals surface area contributed by atoms with Crippen LogP contribution in [0.1, 0.15) is 5.56 Å². The standard InChI is InChI=1S/C16H13N3S/c1-2-7-16-12(4-1)11(10-20-16)8-17-14-5-3-6-15-13(14)9-18-19-15/h1-7,9-10,17H,8H2,(H,18,19). The first-order chi connectivity index (χ1) is 9.92. The third-order valence-corrected chi connectivity index (χ3v) is 4.53. The summed E-state index contributed by atoms with van der Waals surface area (Å²) >= 11 is 1.80. The van der Waals surface area contributed by atoms with Crippen molar-refractivity contribution in [1.82, 2.24) is 10.2 Å². The van der Waals surface area contributed by atoms with Crippen LogP contribution in [0.2, 0.25) is 0 Å². The van der Waals surface area contributed by atoms with Crippen molar-refractivity contribution < 1.29 is 0 Å². The van der Waals surface area contributed by atoms with Gasteiger partial charge in [0.25, 0.3) is 0 Å². The molecule has 4 rings (SSSR count). The lowest BCUT2D eigenvalue weighted by atomic mass is 10.1. The summed E-state index contributed by atoms with van der Waals surface area (Å²) in [6.45, 7) is 0.828. The van der Waals surface area contributed by atoms with Gasteiger partial charge < -0.3 is 5.32 Å². The summed E-state index contributed by atoms with van der Waals surface area (Å²) in [5.74, 6) is 0. The topological polar surface area (TPSA) is 40.7 Å². The molecule has 3 nitrogen and oxygen atoms in total. The number of H-pyrrole nitrogens is 1. The van der Waals surface area contributed by atoms with Gasteiger partial charge in [0.05, 0.1) is 11.7 Å². The molecule has 0 aliphatic rings. The number of rotatable bonds is 3. The Kier molecular flexibility index (Phi) is 2.67. The Morgan fingerprint density at radius 3 is 3.00 bits per heavy atom. The second-order valence-electron chi connectivity index (χ2n) is 4.75. The van der Waals surface area contributed by atoms with Crippen LogP contribution in [0.5, 0.6) is 0 Å². The average Bonchev–Trinajstić information content (AvgIpc) is 3.12. The third kappa shape index (κ3) is 1.85. The number of aromatic nitrogens is 2. The maximum atomic E-state index is 4.09. The van der Waals surface area contributed by atoms with Gasteiger partial charge in [0, 0.05) is 22.3 Å². The van der Waals surface area contributed by atoms with Crippen molar-refractivity contribution in [1.29, 1.82) is 0 Å². The first-order valence-corrected chi connectivity index (χ1v) is 7.41. The van der Waals surface area contributed by atoms with Crippen molar-refractivity contribution in [3.63, 3.8) is 0 Å². The highest BCUT2D eigenvalue weighted by Gasteiger charge is 2.05. The van der Waals surface area contributed by atoms with Crippen LogP contribution in [0.25, 0.3) is 21.0 Å². The predicted molar refractivity (Wildman–Crippen MR) is 85.2 cm³/mol. The van der Waals surface area contributed by atoms with Crippen LogP contribution in [0.3, 0.4) is 0 Å². The van der Waals surface area contributed by atoms with Crippen LogP contribution in [-0.4, -0.2) is 10.2 Å². The number of aromatic amines is 1. The number of hydrogen-bond acceptors (Lipinski definition) is 3. The number of nitrogens with one attached hydrogen (secondary N) is 2. The molecule has 4 heteroatoms. The lowest BCUT2D eigenvalue weighted by molar-refractivity contribution is 1.12. The second-order valence-corrected chi connectivity index (χ2v) is 5.66. The molecule has 0 saturated carbocycles. The maximum Gasteiger partial charge on any atom is 0.0671 e. The van der Waals surface area contributed by atoms with Crippen molar-refractivity contribution in [3.05, 3.63) is 59.6 Å². The van der Waals surface area contributed by atoms with E-state index in [4.69, 9.17) is 0 Å². The number of thiophene rings is 1. The quantitative estimate of drug-likeness (QED) is 0.584. The lowest BCUT2D eigenvalue weighted by Gasteiger charge is -2.06. The molecule has 2 aromatic carbocycles. The molecule has 0 bridgehead atoms. The summed E-state index contributed by atoms with van der Waals surface area (Å²) in [5.41, 5.74) is 3.52. The molecule has 0 spiro atoms. The largest absolute Gasteiger partial charge is 0.380 e. The Morgan fingerprint density at radius 1 is 1.05 bits per heavy atom. The highest BCUT2D eigenvalue weighted by atomic mass is 32.1. The molecule has 98 valence electrons. The molecule has 0 saturated heterocycles. The smallest absolute Gasteiger partial charge is 0.0671 e. The normalized spacial score (nSPS) is 11.2. The monoisotopic (exact) mass is 279 g/mol. The highest BCUT2D eigenvalue weighted by Crippen LogP contribution is 2.27. The molecule has 0 amide bonds. The number of nitrogens with zero attached hydrogens (tertiary/aromatic N) is 1. The van der Waals surface area contributed by atoms with E-state index in [1.54, 1.807) is 11.3 Å². The van der Waals surface area contributed by atoms with E-state index in [-0.39, 0.29) is 0 Å². The Balaban J connectivity index is 1.66. The average molecular weight is 279 g/mol. The molecule has 0 atom stereocenters. The number of anilines is 1. The molecule has 2 heterocycles. The van der Waals surface area contributed by atoms with E-state index in [2.05, 4.69) is 51.2 Å². The van der Waals surface area contributed by atoms with Crippen LogP contribution in [-0.2, 0) is 6.54 Å². The van der Waals surface area contributed by atoms with Crippen LogP contribution >= 0.6 is 11.3 Å². The molecule has 2 N–H and O–H groups in total. The summed E-state index contributed by atoms with van der Waals surface area (Å²) in [6, 6.07) is 14.7. The van der Waals surface area contributed by atoms with Crippen LogP contribution < -0.4 is 5.32 Å². The minimum atomic E-state index is 0.828. The first kappa shape index (κ1) is 11.5. The van der Waals surface area contributed by atoms with Gasteiger partial charge in [-0.3, -0.25) is 5.10 Å². The van der Waals surface area contributed by atoms with E-state index >= 15 is 0 Å². The van der Waals surface area contributed by atoms with E-state index in [9.17, 15) is 0 Å². The van der Waals surface area contributed by atoms with Crippen molar-refractivity contribution >= 4 is 38.0 Å². The van der Waals surface area contributed by atoms with Crippen LogP contribution in [0.4, 0.5) is 5.69 Å². The van der Waals surface area contributed by atoms with E-state index in [1.165, 1.54) is 15.6 Å². The van der Waals surface area contributed by atoms with Gasteiger partial charge >= 0.3 is 0 Å². The lowest BCUT2D eigenvalue weighted by Crippen LogP contribution is -1.98. The Labute approximate surface area is 120 Å². The summed E-state index contributed by atoms with van der Waals surface area (Å²) in [7, 11) is 0. The SMILES string of the molecule is c1cc(NCc2csc3ccccc23)c2cn[nH]c2c1. The minimum absolute atomic E-state index is 0.828. The van der Waals surface area contributed by atoms with Gasteiger partial charge in [-0.1, -0.05) is 24.3 Å². The van der Waals surface area contributed by atoms with E-state index < -0.39 is 0 Å². The zero-order valence-electron chi connectivity index (χ0n) is 10.8. The Bertz CT molecular complexity index is 875. The van der Waals surface area contributed by atoms with Gasteiger partial charge in [0.15, 0.2) is 0 Å². The third-order valence-electron chi connectivity index (χ3n) is 3.52. The van der Waals surface area contributed by atoms with Gasteiger partial charge in [0.2, 0.25) is 0 Å². The van der Waals surface area contributed by atoms with Crippen molar-refractivity contribution in [2.75, 3.05) is 5.32 Å². The fraction of sp³-hybridized carbons (Fsp3) is 0.0625. The summed E-state index contributed by atoms with van der Waals surface area (Å²) in [4.78, 5) is 0. The van der Waals surface area contributed by atoms with Crippen molar-refractivity contribution in [3.8, 4) is 0 Å². The predicted octanol–water partition coefficient (Wildman–Crippen LogP) is 4.39. The first-order valence-electron chi connectivity index (χ1n) is 6.53. The molecule has 0 radical (unpaired) electrons. The molecular formula is C16H13N3S. The van der Waals surface area contributed by atoms with Crippen molar-refractivity contribution in [2.45, 2.75) is 6.54 Å². The summed E-state index contributed by atoms with van der Waals surface area (Å²) < 4.78 is 1.34. The summed E-state index contributed by atoms with van der Waals surface area (Å²) in [6.07, 6.45) is 1.86. The fourth-order valence-electron chi connectivity index (χ4n) is 2.48. The van der Waals surface area contributed by atoms with Gasteiger partial charge in [0.1, 0.15) is 0 Å². The van der Waals surface area contributed by atoms with E-state index in [0.717, 1.165) is 23.1 Å². The summed E-state index contributed by atoms with van der Waals surface area (Å²) in [5, 5.41) is 15.3. The molecule has 0 unspecified atom stereocenters. The molecular weight excluding hydrogens is 266 g/mol. The van der Waals surface area contributed by atoms with Gasteiger partial charge in [-0.05, 0) is 34.5 Å². The molecule has 0 aliphatic heterocycles. The maximum absolute atomic E-state index is 4.09. The second kappa shape index (κ2) is 4.65. The fourth-order valence-corrected chi connectivity index (χ4v) is 3.45. The molecule has 0 fully saturated rings. The van der Waals surface area contributed by atoms with Crippen LogP contribution in [0, 0.1) is 0 Å². The van der Waals surface area contributed by atoms with Crippen LogP contribution in [0.15, 0.2) is 54.0 Å². The number of benzene rings is 2. The van der Waals surface area contributed by atoms with E-state index in [0.29, 0.717) is 0 Å². The number of hydrogen-bond donors (Lipinski definition) is 2. The minimum Gasteiger partial charge on any atom is -0.380 e. The molecule has 4 aromatic rings. The molecule has 0 aliphatic carbocycles. The number of fused-ring (bicyclic) bond motifs is 2. The Morgan fingerprint density at radius 2 is 2.00 bits per heavy atom. The highest BCUT2D eigenvalue weighted by molar-refractivity contribution is 7.17. The van der Waals surface area contributed by atoms with Gasteiger partial charge in [-0.15, -0.1) is 11.3 Å².